The fourth-order valence-corrected chi connectivity index (χ4v) is 2.81. The van der Waals surface area contributed by atoms with Crippen LogP contribution in [0.25, 0.3) is 0 Å². The summed E-state index contributed by atoms with van der Waals surface area (Å²) >= 11 is 0. The molecule has 0 fully saturated rings. The average molecular weight is 420 g/mol. The maximum atomic E-state index is 12.5. The van der Waals surface area contributed by atoms with Gasteiger partial charge in [-0.2, -0.15) is 0 Å². The summed E-state index contributed by atoms with van der Waals surface area (Å²) in [6.45, 7) is 7.55. The average Bonchev–Trinajstić information content (AvgIpc) is 2.69. The minimum Gasteiger partial charge on any atom is -0.445 e. The molecule has 8 nitrogen and oxygen atoms in total. The van der Waals surface area contributed by atoms with Crippen LogP contribution in [0, 0.1) is 11.8 Å². The van der Waals surface area contributed by atoms with E-state index in [9.17, 15) is 19.2 Å². The normalized spacial score (nSPS) is 12.7. The van der Waals surface area contributed by atoms with Gasteiger partial charge in [0.15, 0.2) is 0 Å². The quantitative estimate of drug-likeness (QED) is 0.449. The Balaban J connectivity index is 2.53. The number of alkyl carbamates (subject to hydrolysis) is 1. The van der Waals surface area contributed by atoms with E-state index in [4.69, 9.17) is 4.74 Å². The monoisotopic (exact) mass is 419 g/mol. The van der Waals surface area contributed by atoms with Crippen molar-refractivity contribution >= 4 is 24.2 Å². The second-order valence-electron chi connectivity index (χ2n) is 8.05. The lowest BCUT2D eigenvalue weighted by molar-refractivity contribution is -0.128. The Morgan fingerprint density at radius 3 is 2.17 bits per heavy atom. The van der Waals surface area contributed by atoms with Crippen LogP contribution in [0.5, 0.6) is 0 Å². The van der Waals surface area contributed by atoms with E-state index in [-0.39, 0.29) is 25.0 Å². The molecule has 3 amide bonds. The van der Waals surface area contributed by atoms with Crippen molar-refractivity contribution in [3.8, 4) is 0 Å². The first-order valence-corrected chi connectivity index (χ1v) is 10.2. The predicted octanol–water partition coefficient (Wildman–Crippen LogP) is 2.17. The summed E-state index contributed by atoms with van der Waals surface area (Å²) in [5.41, 5.74) is 0.834. The van der Waals surface area contributed by atoms with Gasteiger partial charge in [-0.15, -0.1) is 0 Å². The molecule has 0 saturated heterocycles. The van der Waals surface area contributed by atoms with E-state index < -0.39 is 30.0 Å². The minimum atomic E-state index is -0.835. The summed E-state index contributed by atoms with van der Waals surface area (Å²) in [6, 6.07) is 7.78. The van der Waals surface area contributed by atoms with E-state index >= 15 is 0 Å². The van der Waals surface area contributed by atoms with E-state index in [0.717, 1.165) is 5.56 Å². The summed E-state index contributed by atoms with van der Waals surface area (Å²) in [6.07, 6.45) is 0.889. The Kier molecular flexibility index (Phi) is 11.2. The minimum absolute atomic E-state index is 0.0913. The molecule has 0 aliphatic heterocycles. The van der Waals surface area contributed by atoms with Crippen molar-refractivity contribution in [1.29, 1.82) is 0 Å². The number of carbonyl (C=O) groups excluding carboxylic acids is 4. The number of hydrogen-bond acceptors (Lipinski definition) is 5. The van der Waals surface area contributed by atoms with Crippen LogP contribution in [0.2, 0.25) is 0 Å². The summed E-state index contributed by atoms with van der Waals surface area (Å²) in [5, 5.41) is 7.65. The number of amides is 3. The van der Waals surface area contributed by atoms with Gasteiger partial charge in [-0.05, 0) is 30.2 Å². The van der Waals surface area contributed by atoms with Crippen LogP contribution in [0.15, 0.2) is 30.3 Å². The zero-order valence-electron chi connectivity index (χ0n) is 18.1. The van der Waals surface area contributed by atoms with Crippen molar-refractivity contribution in [2.24, 2.45) is 11.8 Å². The summed E-state index contributed by atoms with van der Waals surface area (Å²) in [5.74, 6) is -0.566. The molecular weight excluding hydrogens is 386 g/mol. The number of aldehydes is 1. The summed E-state index contributed by atoms with van der Waals surface area (Å²) < 4.78 is 5.17. The predicted molar refractivity (Wildman–Crippen MR) is 113 cm³/mol. The van der Waals surface area contributed by atoms with Gasteiger partial charge in [0.2, 0.25) is 11.8 Å². The number of nitrogens with one attached hydrogen (secondary N) is 3. The van der Waals surface area contributed by atoms with E-state index in [1.54, 1.807) is 0 Å². The zero-order valence-corrected chi connectivity index (χ0v) is 18.1. The first-order chi connectivity index (χ1) is 14.2. The maximum absolute atomic E-state index is 12.5. The van der Waals surface area contributed by atoms with Crippen LogP contribution < -0.4 is 16.0 Å². The number of hydrogen-bond donors (Lipinski definition) is 3. The molecule has 1 aromatic carbocycles. The van der Waals surface area contributed by atoms with E-state index in [1.807, 2.05) is 58.0 Å². The van der Waals surface area contributed by atoms with Crippen molar-refractivity contribution in [3.63, 3.8) is 0 Å². The van der Waals surface area contributed by atoms with Gasteiger partial charge in [0.05, 0.1) is 12.6 Å². The molecule has 8 heteroatoms. The summed E-state index contributed by atoms with van der Waals surface area (Å²) in [4.78, 5) is 47.7. The standard InChI is InChI=1S/C22H33N3O5/c1-15(2)10-18(13-26)24-20(27)12-23-21(28)19(11-16(3)4)25-22(29)30-14-17-8-6-5-7-9-17/h5-9,13,15-16,18-19H,10-12,14H2,1-4H3,(H,23,28)(H,24,27)(H,25,29). The first-order valence-electron chi connectivity index (χ1n) is 10.2. The molecule has 0 radical (unpaired) electrons. The fraction of sp³-hybridized carbons (Fsp3) is 0.545. The maximum Gasteiger partial charge on any atom is 0.408 e. The highest BCUT2D eigenvalue weighted by Crippen LogP contribution is 2.07. The van der Waals surface area contributed by atoms with Gasteiger partial charge in [0.25, 0.3) is 0 Å². The molecular formula is C22H33N3O5. The molecule has 3 N–H and O–H groups in total. The highest BCUT2D eigenvalue weighted by atomic mass is 16.5. The number of benzene rings is 1. The molecule has 30 heavy (non-hydrogen) atoms. The second kappa shape index (κ2) is 13.3. The van der Waals surface area contributed by atoms with Gasteiger partial charge in [0.1, 0.15) is 18.9 Å². The van der Waals surface area contributed by atoms with Gasteiger partial charge in [-0.3, -0.25) is 9.59 Å². The van der Waals surface area contributed by atoms with Gasteiger partial charge < -0.3 is 25.5 Å². The molecule has 0 heterocycles. The molecule has 1 aromatic rings. The van der Waals surface area contributed by atoms with Crippen molar-refractivity contribution in [2.75, 3.05) is 6.54 Å². The molecule has 166 valence electrons. The van der Waals surface area contributed by atoms with Crippen molar-refractivity contribution in [2.45, 2.75) is 59.2 Å². The lowest BCUT2D eigenvalue weighted by Gasteiger charge is -2.20. The number of ether oxygens (including phenoxy) is 1. The van der Waals surface area contributed by atoms with Gasteiger partial charge >= 0.3 is 6.09 Å². The third kappa shape index (κ3) is 10.6. The Hall–Kier alpha value is -2.90. The van der Waals surface area contributed by atoms with E-state index in [1.165, 1.54) is 0 Å². The van der Waals surface area contributed by atoms with Gasteiger partial charge in [-0.1, -0.05) is 58.0 Å². The Labute approximate surface area is 178 Å². The van der Waals surface area contributed by atoms with Crippen LogP contribution in [-0.4, -0.2) is 42.8 Å². The third-order valence-corrected chi connectivity index (χ3v) is 4.19. The van der Waals surface area contributed by atoms with Crippen LogP contribution in [0.4, 0.5) is 4.79 Å². The Morgan fingerprint density at radius 1 is 0.967 bits per heavy atom. The van der Waals surface area contributed by atoms with Crippen LogP contribution in [0.1, 0.15) is 46.1 Å². The van der Waals surface area contributed by atoms with Crippen LogP contribution in [-0.2, 0) is 25.7 Å². The number of carbonyl (C=O) groups is 4. The molecule has 0 spiro atoms. The summed E-state index contributed by atoms with van der Waals surface area (Å²) in [7, 11) is 0. The molecule has 2 unspecified atom stereocenters. The first kappa shape index (κ1) is 25.1. The highest BCUT2D eigenvalue weighted by molar-refractivity contribution is 5.90. The van der Waals surface area contributed by atoms with Crippen LogP contribution in [0.3, 0.4) is 0 Å². The third-order valence-electron chi connectivity index (χ3n) is 4.19. The second-order valence-corrected chi connectivity index (χ2v) is 8.05. The lowest BCUT2D eigenvalue weighted by atomic mass is 10.0. The Morgan fingerprint density at radius 2 is 1.60 bits per heavy atom. The van der Waals surface area contributed by atoms with Gasteiger partial charge in [0, 0.05) is 0 Å². The number of rotatable bonds is 12. The van der Waals surface area contributed by atoms with E-state index in [0.29, 0.717) is 19.1 Å². The Bertz CT molecular complexity index is 691. The fourth-order valence-electron chi connectivity index (χ4n) is 2.81. The molecule has 0 aliphatic carbocycles. The molecule has 2 atom stereocenters. The SMILES string of the molecule is CC(C)CC(C=O)NC(=O)CNC(=O)C(CC(C)C)NC(=O)OCc1ccccc1. The molecule has 0 aromatic heterocycles. The van der Waals surface area contributed by atoms with E-state index in [2.05, 4.69) is 16.0 Å². The molecule has 0 aliphatic rings. The van der Waals surface area contributed by atoms with Crippen molar-refractivity contribution < 1.29 is 23.9 Å². The zero-order chi connectivity index (χ0) is 22.5. The largest absolute Gasteiger partial charge is 0.445 e. The van der Waals surface area contributed by atoms with Crippen molar-refractivity contribution in [1.82, 2.24) is 16.0 Å². The molecule has 0 saturated carbocycles. The molecule has 1 rings (SSSR count). The topological polar surface area (TPSA) is 114 Å². The highest BCUT2D eigenvalue weighted by Gasteiger charge is 2.23. The van der Waals surface area contributed by atoms with Gasteiger partial charge in [-0.25, -0.2) is 4.79 Å². The van der Waals surface area contributed by atoms with Crippen LogP contribution >= 0.6 is 0 Å². The smallest absolute Gasteiger partial charge is 0.408 e. The molecule has 0 bridgehead atoms. The lowest BCUT2D eigenvalue weighted by Crippen LogP contribution is -2.50. The van der Waals surface area contributed by atoms with Crippen molar-refractivity contribution in [3.05, 3.63) is 35.9 Å².